The lowest BCUT2D eigenvalue weighted by molar-refractivity contribution is 0.0656. The number of amides is 1. The minimum absolute atomic E-state index is 0.164. The third-order valence-corrected chi connectivity index (χ3v) is 6.00. The average molecular weight is 480 g/mol. The van der Waals surface area contributed by atoms with Gasteiger partial charge in [-0.25, -0.2) is 13.5 Å². The molecule has 0 unspecified atom stereocenters. The summed E-state index contributed by atoms with van der Waals surface area (Å²) in [6.07, 6.45) is -0.243. The molecule has 0 saturated carbocycles. The maximum atomic E-state index is 13.8. The van der Waals surface area contributed by atoms with Crippen LogP contribution in [0.4, 0.5) is 14.6 Å². The Labute approximate surface area is 198 Å². The van der Waals surface area contributed by atoms with Crippen LogP contribution in [-0.2, 0) is 0 Å². The Bertz CT molecular complexity index is 921. The minimum Gasteiger partial charge on any atom is -0.363 e. The van der Waals surface area contributed by atoms with Crippen molar-refractivity contribution in [1.82, 2.24) is 30.8 Å². The molecule has 1 amide bonds. The second-order valence-corrected chi connectivity index (χ2v) is 8.22. The summed E-state index contributed by atoms with van der Waals surface area (Å²) in [6.45, 7) is 7.85. The van der Waals surface area contributed by atoms with Crippen LogP contribution in [0.3, 0.4) is 0 Å². The highest BCUT2D eigenvalue weighted by Gasteiger charge is 2.36. The van der Waals surface area contributed by atoms with E-state index in [4.69, 9.17) is 12.2 Å². The molecule has 8 nitrogen and oxygen atoms in total. The highest BCUT2D eigenvalue weighted by Crippen LogP contribution is 2.39. The molecule has 0 aliphatic carbocycles. The fourth-order valence-corrected chi connectivity index (χ4v) is 4.03. The van der Waals surface area contributed by atoms with Crippen molar-refractivity contribution in [2.75, 3.05) is 31.5 Å². The van der Waals surface area contributed by atoms with Gasteiger partial charge in [-0.2, -0.15) is 5.10 Å². The number of carbonyl (C=O) groups is 1. The number of thiocarbonyl (C=S) groups is 1. The van der Waals surface area contributed by atoms with Crippen molar-refractivity contribution < 1.29 is 13.6 Å². The molecule has 3 rings (SSSR count). The molecule has 2 heterocycles. The van der Waals surface area contributed by atoms with Gasteiger partial charge in [-0.15, -0.1) is 0 Å². The molecule has 4 N–H and O–H groups in total. The summed E-state index contributed by atoms with van der Waals surface area (Å²) >= 11 is 5.21. The van der Waals surface area contributed by atoms with Crippen LogP contribution in [0, 0.1) is 0 Å². The van der Waals surface area contributed by atoms with Gasteiger partial charge in [0, 0.05) is 6.54 Å². The third kappa shape index (κ3) is 6.38. The molecule has 11 heteroatoms. The summed E-state index contributed by atoms with van der Waals surface area (Å²) in [5.41, 5.74) is 6.22. The lowest BCUT2D eigenvalue weighted by Gasteiger charge is -2.32. The van der Waals surface area contributed by atoms with E-state index in [1.165, 1.54) is 10.9 Å². The van der Waals surface area contributed by atoms with Crippen LogP contribution in [0.5, 0.6) is 0 Å². The Morgan fingerprint density at radius 3 is 2.67 bits per heavy atom. The first-order chi connectivity index (χ1) is 15.9. The van der Waals surface area contributed by atoms with E-state index in [-0.39, 0.29) is 29.0 Å². The largest absolute Gasteiger partial charge is 0.363 e. The molecule has 1 aromatic carbocycles. The number of rotatable bonds is 9. The van der Waals surface area contributed by atoms with Gasteiger partial charge in [-0.3, -0.25) is 15.6 Å². The van der Waals surface area contributed by atoms with Crippen LogP contribution in [0.25, 0.3) is 0 Å². The van der Waals surface area contributed by atoms with Gasteiger partial charge >= 0.3 is 0 Å². The van der Waals surface area contributed by atoms with Crippen molar-refractivity contribution in [2.24, 2.45) is 0 Å². The normalized spacial score (nSPS) is 17.4. The molecule has 0 spiro atoms. The first-order valence-electron chi connectivity index (χ1n) is 11.2. The number of halogens is 2. The quantitative estimate of drug-likeness (QED) is 0.250. The Kier molecular flexibility index (Phi) is 8.95. The Balaban J connectivity index is 1.59. The first kappa shape index (κ1) is 24.8. The van der Waals surface area contributed by atoms with Gasteiger partial charge in [0.15, 0.2) is 5.11 Å². The maximum Gasteiger partial charge on any atom is 0.275 e. The topological polar surface area (TPSA) is 86.2 Å². The zero-order chi connectivity index (χ0) is 23.8. The molecule has 180 valence electrons. The number of fused-ring (bicyclic) bond motifs is 1. The van der Waals surface area contributed by atoms with E-state index >= 15 is 0 Å². The summed E-state index contributed by atoms with van der Waals surface area (Å²) < 4.78 is 28.7. The second-order valence-electron chi connectivity index (χ2n) is 7.81. The molecule has 1 aliphatic heterocycles. The highest BCUT2D eigenvalue weighted by atomic mass is 32.1. The van der Waals surface area contributed by atoms with Crippen molar-refractivity contribution >= 4 is 29.1 Å². The van der Waals surface area contributed by atoms with Gasteiger partial charge in [0.25, 0.3) is 12.3 Å². The van der Waals surface area contributed by atoms with E-state index in [2.05, 4.69) is 45.3 Å². The average Bonchev–Trinajstić information content (AvgIpc) is 3.26. The number of hydrogen-bond acceptors (Lipinski definition) is 5. The minimum atomic E-state index is -2.61. The predicted molar refractivity (Wildman–Crippen MR) is 128 cm³/mol. The molecule has 1 aromatic heterocycles. The molecule has 1 aliphatic rings. The van der Waals surface area contributed by atoms with Gasteiger partial charge in [0.2, 0.25) is 0 Å². The van der Waals surface area contributed by atoms with Gasteiger partial charge in [0.05, 0.1) is 12.2 Å². The monoisotopic (exact) mass is 479 g/mol. The van der Waals surface area contributed by atoms with Crippen molar-refractivity contribution in [1.29, 1.82) is 0 Å². The van der Waals surface area contributed by atoms with Crippen LogP contribution in [0.1, 0.15) is 54.7 Å². The van der Waals surface area contributed by atoms with Crippen LogP contribution < -0.4 is 21.5 Å². The molecule has 33 heavy (non-hydrogen) atoms. The molecule has 0 radical (unpaired) electrons. The van der Waals surface area contributed by atoms with Gasteiger partial charge in [0.1, 0.15) is 17.4 Å². The lowest BCUT2D eigenvalue weighted by atomic mass is 9.97. The summed E-state index contributed by atoms with van der Waals surface area (Å²) in [5.74, 6) is -0.254. The van der Waals surface area contributed by atoms with E-state index in [0.717, 1.165) is 31.6 Å². The molecule has 2 aromatic rings. The Morgan fingerprint density at radius 2 is 2.00 bits per heavy atom. The van der Waals surface area contributed by atoms with E-state index < -0.39 is 18.4 Å². The van der Waals surface area contributed by atoms with Gasteiger partial charge in [-0.05, 0) is 50.3 Å². The summed E-state index contributed by atoms with van der Waals surface area (Å²) in [5, 5.41) is 10.6. The smallest absolute Gasteiger partial charge is 0.275 e. The number of nitrogens with one attached hydrogen (secondary N) is 4. The number of aromatic nitrogens is 2. The number of hydrazine groups is 1. The first-order valence-corrected chi connectivity index (χ1v) is 11.6. The number of hydrogen-bond donors (Lipinski definition) is 4. The molecule has 0 saturated heterocycles. The molecule has 2 atom stereocenters. The van der Waals surface area contributed by atoms with Crippen molar-refractivity contribution in [3.63, 3.8) is 0 Å². The number of anilines is 1. The Morgan fingerprint density at radius 1 is 1.27 bits per heavy atom. The SMILES string of the molecule is CCN(CC)CCCNC(=S)NNC(=O)c1cnn2c1N[C@@H](c1ccccc1)C[C@H]2C(F)F. The highest BCUT2D eigenvalue weighted by molar-refractivity contribution is 7.80. The number of carbonyl (C=O) groups excluding carboxylic acids is 1. The van der Waals surface area contributed by atoms with Gasteiger partial charge in [-0.1, -0.05) is 44.2 Å². The van der Waals surface area contributed by atoms with Crippen LogP contribution in [0.2, 0.25) is 0 Å². The summed E-state index contributed by atoms with van der Waals surface area (Å²) in [4.78, 5) is 15.1. The van der Waals surface area contributed by atoms with Crippen molar-refractivity contribution in [3.05, 3.63) is 47.7 Å². The summed E-state index contributed by atoms with van der Waals surface area (Å²) in [7, 11) is 0. The molecule has 0 fully saturated rings. The van der Waals surface area contributed by atoms with Crippen LogP contribution in [0.15, 0.2) is 36.5 Å². The number of nitrogens with zero attached hydrogens (tertiary/aromatic N) is 3. The van der Waals surface area contributed by atoms with Crippen molar-refractivity contribution in [2.45, 2.75) is 45.2 Å². The number of benzene rings is 1. The predicted octanol–water partition coefficient (Wildman–Crippen LogP) is 3.09. The van der Waals surface area contributed by atoms with E-state index in [0.29, 0.717) is 6.54 Å². The fraction of sp³-hybridized carbons (Fsp3) is 0.500. The maximum absolute atomic E-state index is 13.8. The zero-order valence-electron chi connectivity index (χ0n) is 18.9. The van der Waals surface area contributed by atoms with Crippen LogP contribution in [-0.4, -0.2) is 58.3 Å². The van der Waals surface area contributed by atoms with Crippen molar-refractivity contribution in [3.8, 4) is 0 Å². The molecular weight excluding hydrogens is 448 g/mol. The van der Waals surface area contributed by atoms with E-state index in [9.17, 15) is 13.6 Å². The third-order valence-electron chi connectivity index (χ3n) is 5.76. The standard InChI is InChI=1S/C22H31F2N7OS/c1-3-30(4-2)12-8-11-25-22(33)29-28-21(32)16-14-26-31-18(19(23)24)13-17(27-20(16)31)15-9-6-5-7-10-15/h5-7,9-10,14,17-19,27H,3-4,8,11-13H2,1-2H3,(H,28,32)(H2,25,29,33)/t17-,18+/m1/s1. The second kappa shape index (κ2) is 11.9. The summed E-state index contributed by atoms with van der Waals surface area (Å²) in [6, 6.07) is 7.83. The van der Waals surface area contributed by atoms with E-state index in [1.807, 2.05) is 30.3 Å². The lowest BCUT2D eigenvalue weighted by Crippen LogP contribution is -2.47. The van der Waals surface area contributed by atoms with Gasteiger partial charge < -0.3 is 15.5 Å². The molecular formula is C22H31F2N7OS. The molecule has 0 bridgehead atoms. The zero-order valence-corrected chi connectivity index (χ0v) is 19.7. The van der Waals surface area contributed by atoms with E-state index in [1.54, 1.807) is 0 Å². The Hall–Kier alpha value is -2.79. The number of alkyl halides is 2. The van der Waals surface area contributed by atoms with Crippen LogP contribution >= 0.6 is 12.2 Å². The fourth-order valence-electron chi connectivity index (χ4n) is 3.87.